The van der Waals surface area contributed by atoms with Gasteiger partial charge >= 0.3 is 12.4 Å². The van der Waals surface area contributed by atoms with Gasteiger partial charge in [-0.15, -0.1) is 12.4 Å². The van der Waals surface area contributed by atoms with Gasteiger partial charge in [-0.2, -0.15) is 26.3 Å². The second-order valence-corrected chi connectivity index (χ2v) is 10.00. The van der Waals surface area contributed by atoms with E-state index in [0.717, 1.165) is 23.2 Å². The maximum Gasteiger partial charge on any atom is 0.393 e. The second-order valence-electron chi connectivity index (χ2n) is 10.00. The van der Waals surface area contributed by atoms with Crippen molar-refractivity contribution in [1.29, 1.82) is 0 Å². The third kappa shape index (κ3) is 8.89. The van der Waals surface area contributed by atoms with E-state index >= 15 is 0 Å². The summed E-state index contributed by atoms with van der Waals surface area (Å²) in [5.41, 5.74) is 1.97. The quantitative estimate of drug-likeness (QED) is 0.215. The summed E-state index contributed by atoms with van der Waals surface area (Å²) >= 11 is 0. The largest absolute Gasteiger partial charge is 0.463 e. The van der Waals surface area contributed by atoms with Gasteiger partial charge in [0.1, 0.15) is 11.5 Å². The molecule has 0 spiro atoms. The summed E-state index contributed by atoms with van der Waals surface area (Å²) in [6.45, 7) is 1.60. The zero-order valence-corrected chi connectivity index (χ0v) is 22.7. The summed E-state index contributed by atoms with van der Waals surface area (Å²) in [4.78, 5) is 16.8. The summed E-state index contributed by atoms with van der Waals surface area (Å²) in [6.07, 6.45) is -7.97. The number of halogens is 7. The molecule has 1 amide bonds. The number of amides is 1. The van der Waals surface area contributed by atoms with E-state index in [1.807, 2.05) is 25.1 Å². The molecule has 0 atom stereocenters. The summed E-state index contributed by atoms with van der Waals surface area (Å²) in [5, 5.41) is 0. The average molecular weight is 587 g/mol. The predicted octanol–water partition coefficient (Wildman–Crippen LogP) is 7.34. The number of carbonyl (C=O) groups excluding carboxylic acids is 1. The summed E-state index contributed by atoms with van der Waals surface area (Å²) in [7, 11) is 3.90. The Morgan fingerprint density at radius 3 is 2.02 bits per heavy atom. The molecule has 40 heavy (non-hydrogen) atoms. The van der Waals surface area contributed by atoms with E-state index in [-0.39, 0.29) is 35.0 Å². The van der Waals surface area contributed by atoms with Gasteiger partial charge in [-0.25, -0.2) is 0 Å². The smallest absolute Gasteiger partial charge is 0.393 e. The molecule has 4 nitrogen and oxygen atoms in total. The lowest BCUT2D eigenvalue weighted by Crippen LogP contribution is -2.35. The second kappa shape index (κ2) is 12.5. The SMILES string of the molecule is CN(C)Cc1cc2c(o1)CN(C(=O)c1ccc(/C=C\c3cc(CC(F)(F)F)cc(CC(F)(F)F)c3)cc1)CC2.Cl. The van der Waals surface area contributed by atoms with E-state index in [1.54, 1.807) is 35.2 Å². The van der Waals surface area contributed by atoms with Crippen molar-refractivity contribution in [3.63, 3.8) is 0 Å². The number of hydrogen-bond donors (Lipinski definition) is 0. The minimum Gasteiger partial charge on any atom is -0.463 e. The molecule has 0 unspecified atom stereocenters. The van der Waals surface area contributed by atoms with Crippen molar-refractivity contribution in [1.82, 2.24) is 9.80 Å². The molecular weight excluding hydrogens is 558 g/mol. The number of hydrogen-bond acceptors (Lipinski definition) is 3. The fourth-order valence-corrected chi connectivity index (χ4v) is 4.61. The standard InChI is InChI=1S/C29H28F6N2O2.ClH/c1-36(2)17-25-14-24-9-10-37(18-26(24)39-25)27(38)23-7-5-19(6-8-23)3-4-20-11-21(15-28(30,31)32)13-22(12-20)16-29(33,34)35;/h3-8,11-14H,9-10,15-18H2,1-2H3;1H/b4-3-;. The van der Waals surface area contributed by atoms with E-state index in [9.17, 15) is 31.1 Å². The van der Waals surface area contributed by atoms with Crippen molar-refractivity contribution in [3.05, 3.63) is 93.4 Å². The van der Waals surface area contributed by atoms with Crippen molar-refractivity contribution in [2.75, 3.05) is 20.6 Å². The molecule has 1 aliphatic heterocycles. The van der Waals surface area contributed by atoms with Gasteiger partial charge in [0.05, 0.1) is 25.9 Å². The van der Waals surface area contributed by atoms with Crippen LogP contribution < -0.4 is 0 Å². The first kappa shape index (κ1) is 31.3. The number of fused-ring (bicyclic) bond motifs is 1. The van der Waals surface area contributed by atoms with Crippen LogP contribution in [-0.4, -0.2) is 48.7 Å². The molecule has 0 N–H and O–H groups in total. The Morgan fingerprint density at radius 2 is 1.48 bits per heavy atom. The zero-order chi connectivity index (χ0) is 28.4. The monoisotopic (exact) mass is 586 g/mol. The number of alkyl halides is 6. The topological polar surface area (TPSA) is 36.7 Å². The molecule has 0 saturated heterocycles. The van der Waals surface area contributed by atoms with Gasteiger partial charge in [0.25, 0.3) is 5.91 Å². The summed E-state index contributed by atoms with van der Waals surface area (Å²) in [6, 6.07) is 12.1. The van der Waals surface area contributed by atoms with Gasteiger partial charge in [-0.1, -0.05) is 42.5 Å². The van der Waals surface area contributed by atoms with Gasteiger partial charge in [0.15, 0.2) is 0 Å². The van der Waals surface area contributed by atoms with Gasteiger partial charge in [-0.3, -0.25) is 4.79 Å². The highest BCUT2D eigenvalue weighted by Gasteiger charge is 2.30. The predicted molar refractivity (Wildman–Crippen MR) is 143 cm³/mol. The van der Waals surface area contributed by atoms with Crippen LogP contribution in [-0.2, 0) is 32.4 Å². The van der Waals surface area contributed by atoms with Gasteiger partial charge < -0.3 is 14.2 Å². The Morgan fingerprint density at radius 1 is 0.900 bits per heavy atom. The van der Waals surface area contributed by atoms with Crippen LogP contribution in [0.4, 0.5) is 26.3 Å². The normalized spacial score (nSPS) is 14.0. The Labute approximate surface area is 234 Å². The highest BCUT2D eigenvalue weighted by atomic mass is 35.5. The van der Waals surface area contributed by atoms with E-state index in [2.05, 4.69) is 0 Å². The Balaban J connectivity index is 0.00000441. The molecule has 2 aromatic carbocycles. The molecule has 0 bridgehead atoms. The molecule has 0 saturated carbocycles. The average Bonchev–Trinajstić information content (AvgIpc) is 3.21. The van der Waals surface area contributed by atoms with Crippen LogP contribution in [0.5, 0.6) is 0 Å². The van der Waals surface area contributed by atoms with E-state index < -0.39 is 25.2 Å². The maximum absolute atomic E-state index is 13.1. The molecule has 0 radical (unpaired) electrons. The fraction of sp³-hybridized carbons (Fsp3) is 0.345. The molecule has 1 aromatic heterocycles. The zero-order valence-electron chi connectivity index (χ0n) is 21.9. The molecule has 2 heterocycles. The van der Waals surface area contributed by atoms with Crippen molar-refractivity contribution in [2.24, 2.45) is 0 Å². The number of nitrogens with zero attached hydrogens (tertiary/aromatic N) is 2. The van der Waals surface area contributed by atoms with Crippen molar-refractivity contribution in [3.8, 4) is 0 Å². The molecule has 4 rings (SSSR count). The highest BCUT2D eigenvalue weighted by Crippen LogP contribution is 2.28. The minimum atomic E-state index is -4.54. The fourth-order valence-electron chi connectivity index (χ4n) is 4.61. The molecule has 11 heteroatoms. The highest BCUT2D eigenvalue weighted by molar-refractivity contribution is 5.94. The molecule has 1 aliphatic rings. The molecular formula is C29H29ClF6N2O2. The number of furan rings is 1. The maximum atomic E-state index is 13.1. The Bertz CT molecular complexity index is 1310. The van der Waals surface area contributed by atoms with Gasteiger partial charge in [0.2, 0.25) is 0 Å². The lowest BCUT2D eigenvalue weighted by molar-refractivity contribution is -0.127. The van der Waals surface area contributed by atoms with Crippen LogP contribution in [0.25, 0.3) is 12.2 Å². The first-order valence-electron chi connectivity index (χ1n) is 12.3. The van der Waals surface area contributed by atoms with Crippen molar-refractivity contribution in [2.45, 2.75) is 44.7 Å². The van der Waals surface area contributed by atoms with Crippen LogP contribution in [0.1, 0.15) is 49.7 Å². The molecule has 3 aromatic rings. The number of benzene rings is 2. The van der Waals surface area contributed by atoms with E-state index in [1.165, 1.54) is 18.2 Å². The van der Waals surface area contributed by atoms with Crippen LogP contribution in [0.15, 0.2) is 52.9 Å². The van der Waals surface area contributed by atoms with Crippen molar-refractivity contribution >= 4 is 30.5 Å². The summed E-state index contributed by atoms with van der Waals surface area (Å²) in [5.74, 6) is 1.48. The van der Waals surface area contributed by atoms with Crippen LogP contribution in [0.2, 0.25) is 0 Å². The van der Waals surface area contributed by atoms with Crippen LogP contribution >= 0.6 is 12.4 Å². The first-order valence-corrected chi connectivity index (χ1v) is 12.3. The van der Waals surface area contributed by atoms with E-state index in [0.29, 0.717) is 37.2 Å². The minimum absolute atomic E-state index is 0. The molecule has 0 aliphatic carbocycles. The first-order chi connectivity index (χ1) is 18.2. The number of rotatable bonds is 7. The van der Waals surface area contributed by atoms with E-state index in [4.69, 9.17) is 4.42 Å². The number of carbonyl (C=O) groups is 1. The molecule has 216 valence electrons. The summed E-state index contributed by atoms with van der Waals surface area (Å²) < 4.78 is 83.2. The van der Waals surface area contributed by atoms with Crippen LogP contribution in [0, 0.1) is 0 Å². The third-order valence-corrected chi connectivity index (χ3v) is 6.20. The Kier molecular flexibility index (Phi) is 9.79. The van der Waals surface area contributed by atoms with Gasteiger partial charge in [-0.05, 0) is 66.5 Å². The lowest BCUT2D eigenvalue weighted by Gasteiger charge is -2.26. The third-order valence-electron chi connectivity index (χ3n) is 6.20. The molecule has 0 fully saturated rings. The van der Waals surface area contributed by atoms with Gasteiger partial charge in [0, 0.05) is 12.1 Å². The van der Waals surface area contributed by atoms with Crippen LogP contribution in [0.3, 0.4) is 0 Å². The Hall–Kier alpha value is -3.24. The lowest BCUT2D eigenvalue weighted by atomic mass is 10.00. The van der Waals surface area contributed by atoms with Crippen molar-refractivity contribution < 1.29 is 35.6 Å².